The van der Waals surface area contributed by atoms with Gasteiger partial charge in [-0.3, -0.25) is 0 Å². The molecule has 7 heavy (non-hydrogen) atoms. The van der Waals surface area contributed by atoms with Crippen molar-refractivity contribution in [2.24, 2.45) is 0 Å². The Bertz CT molecular complexity index is 108. The second-order valence-corrected chi connectivity index (χ2v) is 2.92. The van der Waals surface area contributed by atoms with E-state index < -0.39 is 0 Å². The van der Waals surface area contributed by atoms with Gasteiger partial charge in [-0.2, -0.15) is 0 Å². The molecule has 3 heteroatoms. The molecule has 0 aromatic rings. The van der Waals surface area contributed by atoms with Gasteiger partial charge in [-0.25, -0.2) is 0 Å². The van der Waals surface area contributed by atoms with Crippen LogP contribution in [-0.2, 0) is 12.4 Å². The second kappa shape index (κ2) is 2.43. The molecule has 0 saturated heterocycles. The Labute approximate surface area is 52.7 Å². The van der Waals surface area contributed by atoms with Gasteiger partial charge < -0.3 is 0 Å². The minimum atomic E-state index is 1.01. The third-order valence-corrected chi connectivity index (χ3v) is 1.93. The molecule has 1 rings (SSSR count). The van der Waals surface area contributed by atoms with Crippen LogP contribution in [-0.4, -0.2) is 9.90 Å². The zero-order valence-corrected chi connectivity index (χ0v) is 5.47. The Balaban J connectivity index is 2.47. The maximum atomic E-state index is 4.83. The molecule has 0 bridgehead atoms. The molecule has 0 atom stereocenters. The van der Waals surface area contributed by atoms with Crippen molar-refractivity contribution in [3.8, 4) is 0 Å². The first-order valence-electron chi connectivity index (χ1n) is 2.16. The van der Waals surface area contributed by atoms with Crippen LogP contribution in [0.15, 0.2) is 11.5 Å². The van der Waals surface area contributed by atoms with Gasteiger partial charge in [-0.15, -0.1) is 0 Å². The third kappa shape index (κ3) is 1.57. The number of hydrogen-bond acceptors (Lipinski definition) is 2. The van der Waals surface area contributed by atoms with E-state index in [0.717, 1.165) is 13.0 Å². The molecule has 0 N–H and O–H groups in total. The lowest BCUT2D eigenvalue weighted by molar-refractivity contribution is -0.312. The van der Waals surface area contributed by atoms with Crippen LogP contribution in [0.2, 0.25) is 0 Å². The van der Waals surface area contributed by atoms with E-state index in [9.17, 15) is 0 Å². The standard InChI is InChI=1S/C4H6NS2/c6-5-3-1-2-4-7-5/h2,4H,1,3H2/q+1. The molecule has 0 aromatic heterocycles. The molecular formula is C4H6NS2+. The summed E-state index contributed by atoms with van der Waals surface area (Å²) in [7, 11) is 0. The molecule has 1 aliphatic rings. The molecule has 0 amide bonds. The third-order valence-electron chi connectivity index (χ3n) is 0.753. The van der Waals surface area contributed by atoms with Gasteiger partial charge in [-0.05, 0) is 0 Å². The predicted octanol–water partition coefficient (Wildman–Crippen LogP) is 1.29. The zero-order chi connectivity index (χ0) is 5.11. The first-order valence-corrected chi connectivity index (χ1v) is 3.36. The molecule has 0 unspecified atom stereocenters. The van der Waals surface area contributed by atoms with Crippen molar-refractivity contribution >= 4 is 24.4 Å². The minimum Gasteiger partial charge on any atom is -0.0814 e. The monoisotopic (exact) mass is 132 g/mol. The first kappa shape index (κ1) is 5.25. The molecule has 0 spiro atoms. The van der Waals surface area contributed by atoms with Gasteiger partial charge in [0.2, 0.25) is 11.9 Å². The van der Waals surface area contributed by atoms with Crippen LogP contribution < -0.4 is 0 Å². The molecule has 0 fully saturated rings. The molecule has 0 saturated carbocycles. The Morgan fingerprint density at radius 1 is 1.71 bits per heavy atom. The highest BCUT2D eigenvalue weighted by Crippen LogP contribution is 2.09. The van der Waals surface area contributed by atoms with Gasteiger partial charge in [-0.1, -0.05) is 9.43 Å². The van der Waals surface area contributed by atoms with Crippen molar-refractivity contribution in [1.82, 2.24) is 0 Å². The fraction of sp³-hybridized carbons (Fsp3) is 0.500. The van der Waals surface area contributed by atoms with Crippen LogP contribution in [0.25, 0.3) is 0 Å². The van der Waals surface area contributed by atoms with Gasteiger partial charge in [0.15, 0.2) is 6.54 Å². The normalized spacial score (nSPS) is 20.3. The topological polar surface area (TPSA) is 3.01 Å². The van der Waals surface area contributed by atoms with Gasteiger partial charge in [0.25, 0.3) is 12.4 Å². The summed E-state index contributed by atoms with van der Waals surface area (Å²) < 4.78 is 1.81. The average Bonchev–Trinajstić information content (AvgIpc) is 1.69. The van der Waals surface area contributed by atoms with E-state index in [1.807, 2.05) is 5.41 Å². The minimum absolute atomic E-state index is 1.01. The number of hydrogen-bond donors (Lipinski definition) is 0. The predicted molar refractivity (Wildman–Crippen MR) is 33.8 cm³/mol. The summed E-state index contributed by atoms with van der Waals surface area (Å²) in [5.74, 6) is 0. The van der Waals surface area contributed by atoms with Crippen molar-refractivity contribution in [1.29, 1.82) is 0 Å². The van der Waals surface area contributed by atoms with Crippen molar-refractivity contribution in [2.75, 3.05) is 6.54 Å². The van der Waals surface area contributed by atoms with Crippen LogP contribution in [0.5, 0.6) is 0 Å². The first-order chi connectivity index (χ1) is 3.39. The van der Waals surface area contributed by atoms with Crippen LogP contribution >= 0.6 is 11.9 Å². The van der Waals surface area contributed by atoms with Crippen LogP contribution in [0, 0.1) is 0 Å². The Morgan fingerprint density at radius 3 is 2.86 bits per heavy atom. The molecule has 1 aliphatic heterocycles. The maximum absolute atomic E-state index is 4.83. The fourth-order valence-corrected chi connectivity index (χ4v) is 1.23. The van der Waals surface area contributed by atoms with Crippen LogP contribution in [0.4, 0.5) is 0 Å². The van der Waals surface area contributed by atoms with Gasteiger partial charge in [0, 0.05) is 11.8 Å². The van der Waals surface area contributed by atoms with E-state index in [-0.39, 0.29) is 0 Å². The lowest BCUT2D eigenvalue weighted by atomic mass is 10.4. The zero-order valence-electron chi connectivity index (χ0n) is 3.83. The number of rotatable bonds is 0. The van der Waals surface area contributed by atoms with Crippen molar-refractivity contribution in [3.05, 3.63) is 11.5 Å². The van der Waals surface area contributed by atoms with Gasteiger partial charge in [0.05, 0.1) is 0 Å². The fourth-order valence-electron chi connectivity index (χ4n) is 0.412. The lowest BCUT2D eigenvalue weighted by Crippen LogP contribution is -2.00. The highest BCUT2D eigenvalue weighted by molar-refractivity contribution is 7.97. The van der Waals surface area contributed by atoms with E-state index in [0.29, 0.717) is 0 Å². The van der Waals surface area contributed by atoms with E-state index >= 15 is 0 Å². The summed E-state index contributed by atoms with van der Waals surface area (Å²) in [4.78, 5) is 0. The Kier molecular flexibility index (Phi) is 1.82. The maximum Gasteiger partial charge on any atom is 0.279 e. The summed E-state index contributed by atoms with van der Waals surface area (Å²) >= 11 is 6.42. The molecule has 1 nitrogen and oxygen atoms in total. The molecule has 0 aliphatic carbocycles. The second-order valence-electron chi connectivity index (χ2n) is 1.32. The van der Waals surface area contributed by atoms with E-state index in [4.69, 9.17) is 12.4 Å². The Morgan fingerprint density at radius 2 is 2.57 bits per heavy atom. The van der Waals surface area contributed by atoms with Gasteiger partial charge >= 0.3 is 0 Å². The average molecular weight is 132 g/mol. The lowest BCUT2D eigenvalue weighted by Gasteiger charge is -1.92. The SMILES string of the molecule is S=[N+]1CCC=CS1. The largest absolute Gasteiger partial charge is 0.279 e. The highest BCUT2D eigenvalue weighted by Gasteiger charge is 2.04. The van der Waals surface area contributed by atoms with E-state index in [1.54, 1.807) is 15.3 Å². The molecule has 1 heterocycles. The van der Waals surface area contributed by atoms with Gasteiger partial charge in [0.1, 0.15) is 0 Å². The molecular weight excluding hydrogens is 126 g/mol. The molecule has 0 aromatic carbocycles. The van der Waals surface area contributed by atoms with E-state index in [1.165, 1.54) is 0 Å². The summed E-state index contributed by atoms with van der Waals surface area (Å²) in [5, 5.41) is 2.02. The number of nitrogens with zero attached hydrogens (tertiary/aromatic N) is 1. The summed E-state index contributed by atoms with van der Waals surface area (Å²) in [6.45, 7) is 1.01. The smallest absolute Gasteiger partial charge is 0.0814 e. The summed E-state index contributed by atoms with van der Waals surface area (Å²) in [6, 6.07) is 0. The van der Waals surface area contributed by atoms with Crippen molar-refractivity contribution in [3.63, 3.8) is 0 Å². The van der Waals surface area contributed by atoms with Crippen molar-refractivity contribution in [2.45, 2.75) is 6.42 Å². The Hall–Kier alpha value is 0.110. The van der Waals surface area contributed by atoms with Crippen molar-refractivity contribution < 1.29 is 3.35 Å². The van der Waals surface area contributed by atoms with Crippen LogP contribution in [0.1, 0.15) is 6.42 Å². The van der Waals surface area contributed by atoms with E-state index in [2.05, 4.69) is 6.08 Å². The summed E-state index contributed by atoms with van der Waals surface area (Å²) in [6.07, 6.45) is 3.24. The molecule has 38 valence electrons. The molecule has 0 radical (unpaired) electrons. The highest BCUT2D eigenvalue weighted by atomic mass is 32.2. The quantitative estimate of drug-likeness (QED) is 0.361. The van der Waals surface area contributed by atoms with Crippen LogP contribution in [0.3, 0.4) is 0 Å². The summed E-state index contributed by atoms with van der Waals surface area (Å²) in [5.41, 5.74) is 0.